The van der Waals surface area contributed by atoms with Gasteiger partial charge in [-0.2, -0.15) is 10.1 Å². The monoisotopic (exact) mass is 1030 g/mol. The highest BCUT2D eigenvalue weighted by Gasteiger charge is 2.42. The summed E-state index contributed by atoms with van der Waals surface area (Å²) in [5, 5.41) is 12.0. The maximum atomic E-state index is 13.4. The van der Waals surface area contributed by atoms with E-state index in [2.05, 4.69) is 105 Å². The van der Waals surface area contributed by atoms with Gasteiger partial charge in [0.1, 0.15) is 18.4 Å². The number of rotatable bonds is 15. The first-order valence-electron chi connectivity index (χ1n) is 26.0. The Kier molecular flexibility index (Phi) is 19.1. The number of aryl methyl sites for hydroxylation is 2. The summed E-state index contributed by atoms with van der Waals surface area (Å²) in [4.78, 5) is 58.7. The van der Waals surface area contributed by atoms with E-state index >= 15 is 0 Å². The minimum Gasteiger partial charge on any atom is -0.361 e. The maximum Gasteiger partial charge on any atom is 0.240 e. The average molecular weight is 1030 g/mol. The van der Waals surface area contributed by atoms with E-state index < -0.39 is 12.0 Å². The van der Waals surface area contributed by atoms with Crippen molar-refractivity contribution in [1.82, 2.24) is 35.6 Å². The summed E-state index contributed by atoms with van der Waals surface area (Å²) in [7, 11) is 4.07. The normalized spacial score (nSPS) is 17.1. The number of carbonyl (C=O) groups is 3. The molecular weight excluding hydrogens is 959 g/mol. The van der Waals surface area contributed by atoms with Gasteiger partial charge in [-0.1, -0.05) is 127 Å². The SMILES string of the molecule is C.Cc1ccc(C#Cc2ccc(CN3OC[C@@H](C=O)[C@H]3C(=O)NCCc3c[nH]c4ccccc34)cc2)cc1.Cc1ccc(C#Cc2ccc(CN3OC[C@@H](CN(C)C)[C@H]3C(=O)NCCc3c[nH]c4ccccc34)cc2)cc1. The lowest BCUT2D eigenvalue weighted by molar-refractivity contribution is -0.157. The number of carbonyl (C=O) groups excluding carboxylic acids is 3. The van der Waals surface area contributed by atoms with Crippen molar-refractivity contribution < 1.29 is 24.1 Å². The van der Waals surface area contributed by atoms with E-state index in [1.807, 2.05) is 135 Å². The molecule has 2 aliphatic rings. The zero-order chi connectivity index (χ0) is 52.8. The van der Waals surface area contributed by atoms with Crippen molar-refractivity contribution in [2.24, 2.45) is 11.8 Å². The van der Waals surface area contributed by atoms with Crippen molar-refractivity contribution in [2.45, 2.75) is 59.3 Å². The van der Waals surface area contributed by atoms with Crippen LogP contribution in [-0.4, -0.2) is 102 Å². The third kappa shape index (κ3) is 14.7. The first-order valence-corrected chi connectivity index (χ1v) is 26.0. The number of nitrogens with zero attached hydrogens (tertiary/aromatic N) is 3. The van der Waals surface area contributed by atoms with Crippen molar-refractivity contribution in [3.8, 4) is 23.7 Å². The number of para-hydroxylation sites is 2. The van der Waals surface area contributed by atoms with E-state index in [0.29, 0.717) is 39.2 Å². The van der Waals surface area contributed by atoms with Crippen LogP contribution < -0.4 is 10.6 Å². The molecule has 2 aliphatic heterocycles. The van der Waals surface area contributed by atoms with Gasteiger partial charge in [0.05, 0.1) is 32.2 Å². The molecule has 8 aromatic rings. The molecule has 2 amide bonds. The Morgan fingerprint density at radius 2 is 0.987 bits per heavy atom. The molecule has 4 N–H and O–H groups in total. The van der Waals surface area contributed by atoms with Crippen molar-refractivity contribution in [2.75, 3.05) is 46.9 Å². The number of aldehydes is 1. The Morgan fingerprint density at radius 3 is 1.43 bits per heavy atom. The summed E-state index contributed by atoms with van der Waals surface area (Å²) >= 11 is 0. The number of aromatic nitrogens is 2. The molecule has 0 saturated carbocycles. The second kappa shape index (κ2) is 26.6. The van der Waals surface area contributed by atoms with Gasteiger partial charge < -0.3 is 30.3 Å². The van der Waals surface area contributed by atoms with Crippen LogP contribution in [0.5, 0.6) is 0 Å². The van der Waals surface area contributed by atoms with E-state index in [-0.39, 0.29) is 37.8 Å². The van der Waals surface area contributed by atoms with Gasteiger partial charge in [0.15, 0.2) is 0 Å². The third-order valence-electron chi connectivity index (χ3n) is 13.8. The summed E-state index contributed by atoms with van der Waals surface area (Å²) in [6.07, 6.45) is 6.29. The lowest BCUT2D eigenvalue weighted by atomic mass is 9.99. The standard InChI is InChI=1S/C33H36N4O2.C31H29N3O3.CH4/c1-24-8-10-25(11-9-24)12-13-26-14-16-27(17-15-26)21-37-32(29(23-39-37)22-36(2)3)33(38)34-19-18-28-20-35-31-7-5-4-6-30(28)31;1-22-6-8-23(9-7-22)10-11-24-12-14-25(15-13-24)19-34-30(27(20-35)21-37-34)31(36)32-17-16-26-18-33-29-5-3-2-4-28(26)29;/h4-11,14-17,20,29,32,35H,18-19,21-23H2,1-3H3,(H,34,38);2-9,12-15,18,20,27,30,33H,16-17,19,21H2,1H3,(H,32,36);1H4/t29-,32+;27-,30+;/m11./s1. The fraction of sp³-hybridized carbons (Fsp3) is 0.277. The summed E-state index contributed by atoms with van der Waals surface area (Å²) in [5.41, 5.74) is 12.9. The van der Waals surface area contributed by atoms with E-state index in [0.717, 1.165) is 74.6 Å². The number of amides is 2. The highest BCUT2D eigenvalue weighted by atomic mass is 16.7. The number of aromatic amines is 2. The molecule has 394 valence electrons. The van der Waals surface area contributed by atoms with E-state index in [1.165, 1.54) is 22.1 Å². The molecule has 2 saturated heterocycles. The number of hydroxylamine groups is 4. The fourth-order valence-corrected chi connectivity index (χ4v) is 9.69. The summed E-state index contributed by atoms with van der Waals surface area (Å²) < 4.78 is 0. The van der Waals surface area contributed by atoms with Crippen LogP contribution in [0.15, 0.2) is 158 Å². The van der Waals surface area contributed by atoms with Gasteiger partial charge in [-0.15, -0.1) is 0 Å². The Morgan fingerprint density at radius 1 is 0.584 bits per heavy atom. The van der Waals surface area contributed by atoms with Crippen LogP contribution in [-0.2, 0) is 50.0 Å². The molecule has 12 heteroatoms. The summed E-state index contributed by atoms with van der Waals surface area (Å²) in [6, 6.07) is 47.7. The Labute approximate surface area is 453 Å². The van der Waals surface area contributed by atoms with E-state index in [4.69, 9.17) is 9.68 Å². The predicted molar refractivity (Wildman–Crippen MR) is 306 cm³/mol. The number of H-pyrrole nitrogens is 2. The topological polar surface area (TPSA) is 135 Å². The van der Waals surface area contributed by atoms with Crippen molar-refractivity contribution >= 4 is 39.9 Å². The molecular formula is C65H69N7O5. The van der Waals surface area contributed by atoms with Crippen LogP contribution >= 0.6 is 0 Å². The Hall–Kier alpha value is -8.07. The van der Waals surface area contributed by atoms with Gasteiger partial charge in [-0.3, -0.25) is 19.3 Å². The molecule has 2 aromatic heterocycles. The number of nitrogens with one attached hydrogen (secondary N) is 4. The van der Waals surface area contributed by atoms with Crippen LogP contribution in [0, 0.1) is 49.4 Å². The van der Waals surface area contributed by atoms with Gasteiger partial charge in [0.2, 0.25) is 11.8 Å². The van der Waals surface area contributed by atoms with Crippen LogP contribution in [0.25, 0.3) is 21.8 Å². The Bertz CT molecular complexity index is 3360. The second-order valence-electron chi connectivity index (χ2n) is 19.9. The molecule has 4 heterocycles. The predicted octanol–water partition coefficient (Wildman–Crippen LogP) is 9.33. The molecule has 10 rings (SSSR count). The molecule has 0 spiro atoms. The lowest BCUT2D eigenvalue weighted by Gasteiger charge is -2.26. The second-order valence-corrected chi connectivity index (χ2v) is 19.9. The van der Waals surface area contributed by atoms with Crippen LogP contribution in [0.3, 0.4) is 0 Å². The lowest BCUT2D eigenvalue weighted by Crippen LogP contribution is -2.48. The number of fused-ring (bicyclic) bond motifs is 2. The van der Waals surface area contributed by atoms with E-state index in [1.54, 1.807) is 5.06 Å². The van der Waals surface area contributed by atoms with Gasteiger partial charge in [0.25, 0.3) is 0 Å². The van der Waals surface area contributed by atoms with Crippen molar-refractivity contribution in [1.29, 1.82) is 0 Å². The van der Waals surface area contributed by atoms with Gasteiger partial charge in [0, 0.05) is 82.0 Å². The molecule has 0 radical (unpaired) electrons. The fourth-order valence-electron chi connectivity index (χ4n) is 9.69. The van der Waals surface area contributed by atoms with Gasteiger partial charge in [-0.05, 0) is 124 Å². The molecule has 12 nitrogen and oxygen atoms in total. The number of benzene rings is 6. The van der Waals surface area contributed by atoms with Crippen molar-refractivity contribution in [3.05, 3.63) is 214 Å². The van der Waals surface area contributed by atoms with Crippen molar-refractivity contribution in [3.63, 3.8) is 0 Å². The summed E-state index contributed by atoms with van der Waals surface area (Å²) in [6.45, 7) is 7.62. The van der Waals surface area contributed by atoms with Gasteiger partial charge in [-0.25, -0.2) is 0 Å². The van der Waals surface area contributed by atoms with E-state index in [9.17, 15) is 14.4 Å². The molecule has 6 aromatic carbocycles. The first kappa shape index (κ1) is 55.2. The number of hydrogen-bond donors (Lipinski definition) is 4. The minimum atomic E-state index is -0.665. The largest absolute Gasteiger partial charge is 0.361 e. The third-order valence-corrected chi connectivity index (χ3v) is 13.8. The maximum absolute atomic E-state index is 13.4. The zero-order valence-electron chi connectivity index (χ0n) is 43.6. The molecule has 2 fully saturated rings. The Balaban J connectivity index is 0.000000201. The molecule has 77 heavy (non-hydrogen) atoms. The number of hydrogen-bond acceptors (Lipinski definition) is 8. The smallest absolute Gasteiger partial charge is 0.240 e. The molecule has 0 aliphatic carbocycles. The molecule has 4 atom stereocenters. The highest BCUT2D eigenvalue weighted by Crippen LogP contribution is 2.27. The quantitative estimate of drug-likeness (QED) is 0.0590. The van der Waals surface area contributed by atoms with Crippen LogP contribution in [0.1, 0.15) is 63.1 Å². The first-order chi connectivity index (χ1) is 37.1. The molecule has 0 unspecified atom stereocenters. The summed E-state index contributed by atoms with van der Waals surface area (Å²) in [5.74, 6) is 12.2. The average Bonchev–Trinajstić information content (AvgIpc) is 4.25. The highest BCUT2D eigenvalue weighted by molar-refractivity contribution is 5.86. The minimum absolute atomic E-state index is 0. The molecule has 0 bridgehead atoms. The van der Waals surface area contributed by atoms with Crippen LogP contribution in [0.2, 0.25) is 0 Å². The van der Waals surface area contributed by atoms with Gasteiger partial charge >= 0.3 is 0 Å². The van der Waals surface area contributed by atoms with Crippen LogP contribution in [0.4, 0.5) is 0 Å². The zero-order valence-corrected chi connectivity index (χ0v) is 43.6.